The van der Waals surface area contributed by atoms with Gasteiger partial charge in [0, 0.05) is 6.42 Å². The zero-order chi connectivity index (χ0) is 19.3. The van der Waals surface area contributed by atoms with E-state index in [2.05, 4.69) is 0 Å². The second-order valence-corrected chi connectivity index (χ2v) is 5.75. The van der Waals surface area contributed by atoms with E-state index in [0.717, 1.165) is 0 Å². The normalized spacial score (nSPS) is 22.2. The molecule has 0 aromatic heterocycles. The highest BCUT2D eigenvalue weighted by atomic mass is 16.6. The van der Waals surface area contributed by atoms with E-state index in [4.69, 9.17) is 4.74 Å². The highest BCUT2D eigenvalue weighted by Crippen LogP contribution is 2.25. The van der Waals surface area contributed by atoms with Crippen LogP contribution in [-0.4, -0.2) is 61.2 Å². The molecule has 0 aliphatic heterocycles. The molecule has 6 N–H and O–H groups in total. The molecular formula is C18H20O8. The molecule has 0 spiro atoms. The number of hydrogen-bond donors (Lipinski definition) is 6. The van der Waals surface area contributed by atoms with Gasteiger partial charge in [0.25, 0.3) is 0 Å². The van der Waals surface area contributed by atoms with Crippen molar-refractivity contribution in [3.8, 4) is 11.5 Å². The first-order valence-corrected chi connectivity index (χ1v) is 7.78. The smallest absolute Gasteiger partial charge is 0.333 e. The zero-order valence-corrected chi connectivity index (χ0v) is 13.6. The predicted molar refractivity (Wildman–Crippen MR) is 90.4 cm³/mol. The molecule has 1 aromatic rings. The van der Waals surface area contributed by atoms with Gasteiger partial charge in [-0.1, -0.05) is 24.3 Å². The van der Waals surface area contributed by atoms with Gasteiger partial charge >= 0.3 is 5.97 Å². The van der Waals surface area contributed by atoms with E-state index in [-0.39, 0.29) is 17.9 Å². The van der Waals surface area contributed by atoms with E-state index in [1.165, 1.54) is 48.6 Å². The van der Waals surface area contributed by atoms with Crippen LogP contribution in [0.2, 0.25) is 0 Å². The maximum Gasteiger partial charge on any atom is 0.333 e. The standard InChI is InChI=1S/C18H20O8/c19-12-4-1-10(7-14(12)21)3-6-17(23)26-16(18(24)25)9-11-2-5-13(20)15(22)8-11/h1-8,12,14,16-17,19-23H,9H2,(H,24,25). The second kappa shape index (κ2) is 8.63. The SMILES string of the molecule is O=C(O)C(Cc1ccc(O)c(O)c1)OC(O)C=CC1=CC(O)C(O)C=C1. The highest BCUT2D eigenvalue weighted by molar-refractivity contribution is 5.72. The summed E-state index contributed by atoms with van der Waals surface area (Å²) in [6.07, 6.45) is 1.80. The molecule has 1 aliphatic carbocycles. The molecule has 0 saturated carbocycles. The molecule has 0 fully saturated rings. The Labute approximate surface area is 149 Å². The van der Waals surface area contributed by atoms with Crippen molar-refractivity contribution in [3.63, 3.8) is 0 Å². The Morgan fingerprint density at radius 2 is 1.92 bits per heavy atom. The Hall–Kier alpha value is -2.65. The lowest BCUT2D eigenvalue weighted by atomic mass is 10.0. The van der Waals surface area contributed by atoms with Crippen molar-refractivity contribution < 1.29 is 40.2 Å². The molecule has 1 aliphatic rings. The van der Waals surface area contributed by atoms with Crippen molar-refractivity contribution in [2.45, 2.75) is 31.0 Å². The second-order valence-electron chi connectivity index (χ2n) is 5.75. The molecular weight excluding hydrogens is 344 g/mol. The quantitative estimate of drug-likeness (QED) is 0.297. The zero-order valence-electron chi connectivity index (χ0n) is 13.6. The average molecular weight is 364 g/mol. The third-order valence-corrected chi connectivity index (χ3v) is 3.69. The summed E-state index contributed by atoms with van der Waals surface area (Å²) < 4.78 is 5.09. The summed E-state index contributed by atoms with van der Waals surface area (Å²) in [4.78, 5) is 11.3. The van der Waals surface area contributed by atoms with Crippen LogP contribution < -0.4 is 0 Å². The number of rotatable bonds is 7. The van der Waals surface area contributed by atoms with Crippen molar-refractivity contribution in [3.05, 3.63) is 59.7 Å². The van der Waals surface area contributed by atoms with Gasteiger partial charge in [0.15, 0.2) is 23.9 Å². The fourth-order valence-electron chi connectivity index (χ4n) is 2.30. The number of aromatic hydroxyl groups is 2. The molecule has 2 rings (SSSR count). The van der Waals surface area contributed by atoms with Gasteiger partial charge in [-0.25, -0.2) is 4.79 Å². The van der Waals surface area contributed by atoms with Gasteiger partial charge in [-0.2, -0.15) is 0 Å². The minimum absolute atomic E-state index is 0.137. The summed E-state index contributed by atoms with van der Waals surface area (Å²) in [7, 11) is 0. The molecule has 4 atom stereocenters. The Bertz CT molecular complexity index is 737. The molecule has 0 radical (unpaired) electrons. The van der Waals surface area contributed by atoms with Crippen LogP contribution in [0, 0.1) is 0 Å². The molecule has 1 aromatic carbocycles. The Kier molecular flexibility index (Phi) is 6.53. The summed E-state index contributed by atoms with van der Waals surface area (Å²) in [6, 6.07) is 3.86. The van der Waals surface area contributed by atoms with Gasteiger partial charge < -0.3 is 35.4 Å². The first-order chi connectivity index (χ1) is 12.3. The number of aliphatic hydroxyl groups excluding tert-OH is 3. The van der Waals surface area contributed by atoms with Crippen molar-refractivity contribution >= 4 is 5.97 Å². The molecule has 0 bridgehead atoms. The summed E-state index contributed by atoms with van der Waals surface area (Å²) in [5, 5.41) is 56.7. The van der Waals surface area contributed by atoms with E-state index >= 15 is 0 Å². The number of benzene rings is 1. The lowest BCUT2D eigenvalue weighted by Gasteiger charge is -2.17. The van der Waals surface area contributed by atoms with Crippen LogP contribution >= 0.6 is 0 Å². The number of aliphatic carboxylic acids is 1. The molecule has 8 nitrogen and oxygen atoms in total. The van der Waals surface area contributed by atoms with Gasteiger partial charge in [-0.15, -0.1) is 0 Å². The van der Waals surface area contributed by atoms with Gasteiger partial charge in [-0.05, 0) is 35.4 Å². The third kappa shape index (κ3) is 5.43. The van der Waals surface area contributed by atoms with E-state index in [1.807, 2.05) is 0 Å². The lowest BCUT2D eigenvalue weighted by Crippen LogP contribution is -2.30. The summed E-state index contributed by atoms with van der Waals surface area (Å²) in [5.41, 5.74) is 0.916. The van der Waals surface area contributed by atoms with Crippen LogP contribution in [0.1, 0.15) is 5.56 Å². The van der Waals surface area contributed by atoms with E-state index < -0.39 is 30.6 Å². The number of ether oxygens (including phenoxy) is 1. The van der Waals surface area contributed by atoms with Crippen molar-refractivity contribution in [1.29, 1.82) is 0 Å². The minimum atomic E-state index is -1.53. The van der Waals surface area contributed by atoms with Gasteiger partial charge in [0.05, 0.1) is 0 Å². The van der Waals surface area contributed by atoms with Crippen molar-refractivity contribution in [2.24, 2.45) is 0 Å². The Morgan fingerprint density at radius 3 is 2.54 bits per heavy atom. The Morgan fingerprint density at radius 1 is 1.19 bits per heavy atom. The third-order valence-electron chi connectivity index (χ3n) is 3.69. The van der Waals surface area contributed by atoms with Gasteiger partial charge in [0.2, 0.25) is 0 Å². The number of carbonyl (C=O) groups is 1. The van der Waals surface area contributed by atoms with E-state index in [0.29, 0.717) is 11.1 Å². The number of aliphatic hydroxyl groups is 3. The summed E-state index contributed by atoms with van der Waals surface area (Å²) in [6.45, 7) is 0. The number of hydrogen-bond acceptors (Lipinski definition) is 7. The molecule has 4 unspecified atom stereocenters. The first kappa shape index (κ1) is 19.7. The molecule has 8 heteroatoms. The van der Waals surface area contributed by atoms with Crippen LogP contribution in [0.25, 0.3) is 0 Å². The minimum Gasteiger partial charge on any atom is -0.504 e. The van der Waals surface area contributed by atoms with Crippen LogP contribution in [-0.2, 0) is 16.0 Å². The van der Waals surface area contributed by atoms with Crippen molar-refractivity contribution in [2.75, 3.05) is 0 Å². The number of carboxylic acid groups (broad SMARTS) is 1. The highest BCUT2D eigenvalue weighted by Gasteiger charge is 2.22. The van der Waals surface area contributed by atoms with Crippen molar-refractivity contribution in [1.82, 2.24) is 0 Å². The van der Waals surface area contributed by atoms with Crippen LogP contribution in [0.3, 0.4) is 0 Å². The predicted octanol–water partition coefficient (Wildman–Crippen LogP) is 0.203. The fourth-order valence-corrected chi connectivity index (χ4v) is 2.30. The van der Waals surface area contributed by atoms with Gasteiger partial charge in [-0.3, -0.25) is 0 Å². The van der Waals surface area contributed by atoms with E-state index in [1.54, 1.807) is 0 Å². The largest absolute Gasteiger partial charge is 0.504 e. The van der Waals surface area contributed by atoms with Gasteiger partial charge in [0.1, 0.15) is 12.2 Å². The number of allylic oxidation sites excluding steroid dienone is 3. The monoisotopic (exact) mass is 364 g/mol. The first-order valence-electron chi connectivity index (χ1n) is 7.78. The Balaban J connectivity index is 1.99. The lowest BCUT2D eigenvalue weighted by molar-refractivity contribution is -0.165. The number of carboxylic acids is 1. The molecule has 0 heterocycles. The van der Waals surface area contributed by atoms with Crippen LogP contribution in [0.5, 0.6) is 11.5 Å². The topological polar surface area (TPSA) is 148 Å². The molecule has 26 heavy (non-hydrogen) atoms. The maximum atomic E-state index is 11.3. The molecule has 140 valence electrons. The number of phenols is 2. The molecule has 0 saturated heterocycles. The summed E-state index contributed by atoms with van der Waals surface area (Å²) in [5.74, 6) is -2.02. The van der Waals surface area contributed by atoms with E-state index in [9.17, 15) is 35.4 Å². The average Bonchev–Trinajstić information content (AvgIpc) is 2.58. The summed E-state index contributed by atoms with van der Waals surface area (Å²) >= 11 is 0. The van der Waals surface area contributed by atoms with Crippen LogP contribution in [0.15, 0.2) is 54.2 Å². The molecule has 0 amide bonds. The maximum absolute atomic E-state index is 11.3. The fraction of sp³-hybridized carbons (Fsp3) is 0.278. The van der Waals surface area contributed by atoms with Crippen LogP contribution in [0.4, 0.5) is 0 Å². The number of phenolic OH excluding ortho intramolecular Hbond substituents is 2.